The molecule has 1 heterocycles. The summed E-state index contributed by atoms with van der Waals surface area (Å²) in [5, 5.41) is 2.90. The number of aliphatic imine (C=N–C) groups is 1. The van der Waals surface area contributed by atoms with E-state index in [0.717, 1.165) is 12.0 Å². The highest BCUT2D eigenvalue weighted by Crippen LogP contribution is 2.22. The summed E-state index contributed by atoms with van der Waals surface area (Å²) in [6.45, 7) is 6.13. The fourth-order valence-electron chi connectivity index (χ4n) is 3.19. The lowest BCUT2D eigenvalue weighted by molar-refractivity contribution is -0.120. The zero-order chi connectivity index (χ0) is 20.3. The fraction of sp³-hybridized carbons (Fsp3) is 0.333. The van der Waals surface area contributed by atoms with Crippen molar-refractivity contribution in [1.29, 1.82) is 0 Å². The summed E-state index contributed by atoms with van der Waals surface area (Å²) >= 11 is 0. The number of rotatable bonds is 6. The van der Waals surface area contributed by atoms with Crippen molar-refractivity contribution in [3.8, 4) is 0 Å². The van der Waals surface area contributed by atoms with Crippen LogP contribution in [0, 0.1) is 5.92 Å². The number of nitrogens with zero attached hydrogens (tertiary/aromatic N) is 1. The Morgan fingerprint density at radius 2 is 1.75 bits per heavy atom. The van der Waals surface area contributed by atoms with Gasteiger partial charge in [0.2, 0.25) is 5.91 Å². The third-order valence-corrected chi connectivity index (χ3v) is 5.94. The molecule has 3 rings (SSSR count). The van der Waals surface area contributed by atoms with Crippen LogP contribution >= 0.6 is 0 Å². The summed E-state index contributed by atoms with van der Waals surface area (Å²) in [6, 6.07) is 14.6. The lowest BCUT2D eigenvalue weighted by Gasteiger charge is -2.14. The Kier molecular flexibility index (Phi) is 5.84. The van der Waals surface area contributed by atoms with E-state index in [1.807, 2.05) is 19.1 Å². The molecule has 1 aliphatic heterocycles. The number of hydrogen-bond acceptors (Lipinski definition) is 4. The molecule has 0 saturated carbocycles. The molecule has 0 aliphatic carbocycles. The average molecular weight is 400 g/mol. The number of nitrogens with one attached hydrogen (secondary N) is 2. The van der Waals surface area contributed by atoms with Gasteiger partial charge in [0.15, 0.2) is 0 Å². The molecule has 2 N–H and O–H groups in total. The summed E-state index contributed by atoms with van der Waals surface area (Å²) in [5.41, 5.74) is 2.78. The molecule has 148 valence electrons. The Morgan fingerprint density at radius 1 is 1.07 bits per heavy atom. The second-order valence-electron chi connectivity index (χ2n) is 7.40. The van der Waals surface area contributed by atoms with Gasteiger partial charge in [-0.2, -0.15) is 0 Å². The molecular weight excluding hydrogens is 374 g/mol. The monoisotopic (exact) mass is 399 g/mol. The highest BCUT2D eigenvalue weighted by molar-refractivity contribution is 7.90. The van der Waals surface area contributed by atoms with Gasteiger partial charge in [0, 0.05) is 5.56 Å². The maximum atomic E-state index is 12.3. The summed E-state index contributed by atoms with van der Waals surface area (Å²) in [4.78, 5) is 16.6. The largest absolute Gasteiger partial charge is 0.348 e. The maximum Gasteiger partial charge on any atom is 0.263 e. The lowest BCUT2D eigenvalue weighted by atomic mass is 10.00. The molecule has 0 radical (unpaired) electrons. The van der Waals surface area contributed by atoms with Crippen molar-refractivity contribution in [3.05, 3.63) is 65.2 Å². The number of hydrogen-bond donors (Lipinski definition) is 2. The molecule has 1 atom stereocenters. The van der Waals surface area contributed by atoms with E-state index in [9.17, 15) is 13.2 Å². The predicted molar refractivity (Wildman–Crippen MR) is 110 cm³/mol. The molecule has 1 amide bonds. The molecule has 6 nitrogen and oxygen atoms in total. The Morgan fingerprint density at radius 3 is 2.43 bits per heavy atom. The normalized spacial score (nSPS) is 17.2. The smallest absolute Gasteiger partial charge is 0.263 e. The zero-order valence-corrected chi connectivity index (χ0v) is 17.1. The summed E-state index contributed by atoms with van der Waals surface area (Å²) in [6.07, 6.45) is 1.02. The molecule has 0 aromatic heterocycles. The minimum atomic E-state index is -3.59. The van der Waals surface area contributed by atoms with Crippen molar-refractivity contribution in [2.75, 3.05) is 6.54 Å². The zero-order valence-electron chi connectivity index (χ0n) is 16.3. The summed E-state index contributed by atoms with van der Waals surface area (Å²) < 4.78 is 26.5. The number of carbonyl (C=O) groups is 1. The van der Waals surface area contributed by atoms with Gasteiger partial charge in [0.1, 0.15) is 12.4 Å². The number of amidine groups is 1. The standard InChI is InChI=1S/C21H25N3O3S/c1-14(2)12-16-8-10-17(11-9-16)15(3)23-20(25)13-22-21-18-6-4-5-7-19(18)28(26,27)24-21/h4-11,14-15H,12-13H2,1-3H3,(H,22,24)(H,23,25). The Hall–Kier alpha value is -2.67. The molecule has 0 bridgehead atoms. The van der Waals surface area contributed by atoms with Crippen LogP contribution in [0.15, 0.2) is 58.4 Å². The van der Waals surface area contributed by atoms with E-state index in [1.54, 1.807) is 18.2 Å². The summed E-state index contributed by atoms with van der Waals surface area (Å²) in [7, 11) is -3.59. The van der Waals surface area contributed by atoms with Crippen molar-refractivity contribution < 1.29 is 13.2 Å². The Balaban J connectivity index is 1.62. The van der Waals surface area contributed by atoms with Crippen molar-refractivity contribution in [3.63, 3.8) is 0 Å². The van der Waals surface area contributed by atoms with Gasteiger partial charge in [-0.3, -0.25) is 14.5 Å². The molecule has 0 saturated heterocycles. The van der Waals surface area contributed by atoms with Crippen molar-refractivity contribution in [2.24, 2.45) is 10.9 Å². The third kappa shape index (κ3) is 4.59. The van der Waals surface area contributed by atoms with E-state index in [0.29, 0.717) is 11.5 Å². The first kappa shape index (κ1) is 20.1. The number of sulfonamides is 1. The molecule has 28 heavy (non-hydrogen) atoms. The predicted octanol–water partition coefficient (Wildman–Crippen LogP) is 2.80. The summed E-state index contributed by atoms with van der Waals surface area (Å²) in [5.74, 6) is 0.534. The van der Waals surface area contributed by atoms with Gasteiger partial charge in [-0.15, -0.1) is 0 Å². The van der Waals surface area contributed by atoms with Crippen LogP contribution in [0.3, 0.4) is 0 Å². The molecular formula is C21H25N3O3S. The number of amides is 1. The second kappa shape index (κ2) is 8.14. The topological polar surface area (TPSA) is 87.6 Å². The first-order chi connectivity index (χ1) is 13.3. The lowest BCUT2D eigenvalue weighted by Crippen LogP contribution is -2.30. The van der Waals surface area contributed by atoms with Gasteiger partial charge in [-0.05, 0) is 42.5 Å². The molecule has 2 aromatic rings. The van der Waals surface area contributed by atoms with Crippen LogP contribution in [0.4, 0.5) is 0 Å². The van der Waals surface area contributed by atoms with Crippen LogP contribution in [0.25, 0.3) is 0 Å². The van der Waals surface area contributed by atoms with Gasteiger partial charge in [-0.25, -0.2) is 8.42 Å². The van der Waals surface area contributed by atoms with Crippen LogP contribution in [0.5, 0.6) is 0 Å². The van der Waals surface area contributed by atoms with E-state index in [2.05, 4.69) is 41.0 Å². The van der Waals surface area contributed by atoms with E-state index >= 15 is 0 Å². The third-order valence-electron chi connectivity index (χ3n) is 4.54. The van der Waals surface area contributed by atoms with Crippen LogP contribution < -0.4 is 10.0 Å². The van der Waals surface area contributed by atoms with Crippen LogP contribution in [0.2, 0.25) is 0 Å². The molecule has 0 fully saturated rings. The minimum Gasteiger partial charge on any atom is -0.348 e. The molecule has 0 spiro atoms. The molecule has 1 aliphatic rings. The van der Waals surface area contributed by atoms with E-state index < -0.39 is 10.0 Å². The molecule has 7 heteroatoms. The number of benzene rings is 2. The van der Waals surface area contributed by atoms with Gasteiger partial charge in [-0.1, -0.05) is 50.2 Å². The highest BCUT2D eigenvalue weighted by Gasteiger charge is 2.30. The highest BCUT2D eigenvalue weighted by atomic mass is 32.2. The molecule has 2 aromatic carbocycles. The quantitative estimate of drug-likeness (QED) is 0.783. The average Bonchev–Trinajstić information content (AvgIpc) is 2.91. The van der Waals surface area contributed by atoms with Crippen LogP contribution in [-0.4, -0.2) is 26.7 Å². The van der Waals surface area contributed by atoms with E-state index in [-0.39, 0.29) is 29.2 Å². The van der Waals surface area contributed by atoms with Gasteiger partial charge in [0.25, 0.3) is 10.0 Å². The van der Waals surface area contributed by atoms with Crippen molar-refractivity contribution >= 4 is 21.8 Å². The van der Waals surface area contributed by atoms with Crippen molar-refractivity contribution in [2.45, 2.75) is 38.1 Å². The number of carbonyl (C=O) groups excluding carboxylic acids is 1. The van der Waals surface area contributed by atoms with Crippen LogP contribution in [0.1, 0.15) is 43.5 Å². The van der Waals surface area contributed by atoms with Crippen LogP contribution in [-0.2, 0) is 21.2 Å². The Labute approximate surface area is 166 Å². The van der Waals surface area contributed by atoms with E-state index in [4.69, 9.17) is 0 Å². The van der Waals surface area contributed by atoms with Gasteiger partial charge >= 0.3 is 0 Å². The van der Waals surface area contributed by atoms with Gasteiger partial charge in [0.05, 0.1) is 10.9 Å². The fourth-order valence-corrected chi connectivity index (χ4v) is 4.44. The maximum absolute atomic E-state index is 12.3. The molecule has 1 unspecified atom stereocenters. The van der Waals surface area contributed by atoms with Gasteiger partial charge < -0.3 is 5.32 Å². The second-order valence-corrected chi connectivity index (χ2v) is 9.05. The number of fused-ring (bicyclic) bond motifs is 1. The van der Waals surface area contributed by atoms with Crippen molar-refractivity contribution in [1.82, 2.24) is 10.0 Å². The Bertz CT molecular complexity index is 996. The first-order valence-corrected chi connectivity index (χ1v) is 10.8. The van der Waals surface area contributed by atoms with E-state index in [1.165, 1.54) is 11.6 Å². The first-order valence-electron chi connectivity index (χ1n) is 9.31. The SMILES string of the molecule is CC(C)Cc1ccc(C(C)NC(=O)CN=C2NS(=O)(=O)c3ccccc32)cc1. The minimum absolute atomic E-state index is 0.151.